The highest BCUT2D eigenvalue weighted by Crippen LogP contribution is 2.24. The number of halogens is 2. The molecule has 0 saturated heterocycles. The Morgan fingerprint density at radius 2 is 2.19 bits per heavy atom. The second kappa shape index (κ2) is 5.21. The molecule has 0 spiro atoms. The van der Waals surface area contributed by atoms with Crippen LogP contribution >= 0.6 is 43.2 Å². The SMILES string of the molecule is O=C(Cc1sccc1Br)c1cncc(Br)c1. The third kappa shape index (κ3) is 2.78. The van der Waals surface area contributed by atoms with Crippen LogP contribution < -0.4 is 0 Å². The van der Waals surface area contributed by atoms with E-state index in [1.165, 1.54) is 0 Å². The first-order chi connectivity index (χ1) is 7.66. The summed E-state index contributed by atoms with van der Waals surface area (Å²) in [6.07, 6.45) is 3.67. The van der Waals surface area contributed by atoms with Crippen LogP contribution in [0.4, 0.5) is 0 Å². The highest BCUT2D eigenvalue weighted by Gasteiger charge is 2.11. The van der Waals surface area contributed by atoms with Gasteiger partial charge in [0.05, 0.1) is 0 Å². The highest BCUT2D eigenvalue weighted by molar-refractivity contribution is 9.10. The Morgan fingerprint density at radius 3 is 2.81 bits per heavy atom. The fourth-order valence-corrected chi connectivity index (χ4v) is 3.12. The van der Waals surface area contributed by atoms with Gasteiger partial charge in [-0.15, -0.1) is 11.3 Å². The van der Waals surface area contributed by atoms with Crippen LogP contribution in [0.3, 0.4) is 0 Å². The van der Waals surface area contributed by atoms with Gasteiger partial charge in [0.15, 0.2) is 5.78 Å². The predicted octanol–water partition coefficient (Wildman–Crippen LogP) is 4.09. The molecule has 0 aromatic carbocycles. The van der Waals surface area contributed by atoms with E-state index in [4.69, 9.17) is 0 Å². The number of aromatic nitrogens is 1. The van der Waals surface area contributed by atoms with Crippen molar-refractivity contribution >= 4 is 49.0 Å². The number of thiophene rings is 1. The molecule has 2 nitrogen and oxygen atoms in total. The van der Waals surface area contributed by atoms with Crippen LogP contribution in [-0.4, -0.2) is 10.8 Å². The molecule has 0 aliphatic carbocycles. The van der Waals surface area contributed by atoms with Crippen LogP contribution in [0.2, 0.25) is 0 Å². The average molecular weight is 361 g/mol. The lowest BCUT2D eigenvalue weighted by atomic mass is 10.1. The van der Waals surface area contributed by atoms with Gasteiger partial charge in [0.2, 0.25) is 0 Å². The summed E-state index contributed by atoms with van der Waals surface area (Å²) in [6.45, 7) is 0. The van der Waals surface area contributed by atoms with Crippen LogP contribution in [0, 0.1) is 0 Å². The molecule has 0 radical (unpaired) electrons. The molecule has 0 fully saturated rings. The number of nitrogens with zero attached hydrogens (tertiary/aromatic N) is 1. The quantitative estimate of drug-likeness (QED) is 0.771. The Labute approximate surface area is 114 Å². The number of carbonyl (C=O) groups is 1. The number of Topliss-reactive ketones (excluding diaryl/α,β-unsaturated/α-hetero) is 1. The van der Waals surface area contributed by atoms with E-state index in [0.717, 1.165) is 13.8 Å². The second-order valence-electron chi connectivity index (χ2n) is 3.18. The van der Waals surface area contributed by atoms with E-state index in [1.54, 1.807) is 29.8 Å². The molecule has 2 heterocycles. The first kappa shape index (κ1) is 12.0. The first-order valence-electron chi connectivity index (χ1n) is 4.52. The zero-order chi connectivity index (χ0) is 11.5. The maximum absolute atomic E-state index is 11.9. The van der Waals surface area contributed by atoms with E-state index in [1.807, 2.05) is 11.4 Å². The number of pyridine rings is 1. The maximum atomic E-state index is 11.9. The van der Waals surface area contributed by atoms with Gasteiger partial charge in [-0.2, -0.15) is 0 Å². The summed E-state index contributed by atoms with van der Waals surface area (Å²) in [5.41, 5.74) is 0.634. The Hall–Kier alpha value is -0.520. The summed E-state index contributed by atoms with van der Waals surface area (Å²) >= 11 is 8.29. The average Bonchev–Trinajstić information content (AvgIpc) is 2.64. The summed E-state index contributed by atoms with van der Waals surface area (Å²) in [6, 6.07) is 3.74. The van der Waals surface area contributed by atoms with Crippen LogP contribution in [-0.2, 0) is 6.42 Å². The largest absolute Gasteiger partial charge is 0.294 e. The number of rotatable bonds is 3. The molecule has 0 N–H and O–H groups in total. The van der Waals surface area contributed by atoms with Gasteiger partial charge in [-0.1, -0.05) is 0 Å². The zero-order valence-corrected chi connectivity index (χ0v) is 12.1. The molecule has 0 amide bonds. The Kier molecular flexibility index (Phi) is 3.89. The molecule has 0 aliphatic rings. The number of hydrogen-bond donors (Lipinski definition) is 0. The number of ketones is 1. The zero-order valence-electron chi connectivity index (χ0n) is 8.11. The molecule has 0 bridgehead atoms. The van der Waals surface area contributed by atoms with E-state index >= 15 is 0 Å². The van der Waals surface area contributed by atoms with Gasteiger partial charge in [0.1, 0.15) is 0 Å². The maximum Gasteiger partial charge on any atom is 0.169 e. The fraction of sp³-hybridized carbons (Fsp3) is 0.0909. The molecule has 2 aromatic heterocycles. The smallest absolute Gasteiger partial charge is 0.169 e. The first-order valence-corrected chi connectivity index (χ1v) is 6.99. The number of hydrogen-bond acceptors (Lipinski definition) is 3. The van der Waals surface area contributed by atoms with Gasteiger partial charge in [-0.3, -0.25) is 9.78 Å². The molecule has 2 rings (SSSR count). The van der Waals surface area contributed by atoms with Crippen LogP contribution in [0.5, 0.6) is 0 Å². The van der Waals surface area contributed by atoms with Crippen LogP contribution in [0.1, 0.15) is 15.2 Å². The highest BCUT2D eigenvalue weighted by atomic mass is 79.9. The van der Waals surface area contributed by atoms with Crippen molar-refractivity contribution in [3.63, 3.8) is 0 Å². The summed E-state index contributed by atoms with van der Waals surface area (Å²) in [5, 5.41) is 1.96. The van der Waals surface area contributed by atoms with Crippen molar-refractivity contribution in [1.29, 1.82) is 0 Å². The van der Waals surface area contributed by atoms with Gasteiger partial charge in [0.25, 0.3) is 0 Å². The molecule has 0 unspecified atom stereocenters. The van der Waals surface area contributed by atoms with Crippen molar-refractivity contribution in [3.05, 3.63) is 49.3 Å². The van der Waals surface area contributed by atoms with Gasteiger partial charge < -0.3 is 0 Å². The minimum absolute atomic E-state index is 0.0805. The minimum atomic E-state index is 0.0805. The third-order valence-electron chi connectivity index (χ3n) is 2.04. The second-order valence-corrected chi connectivity index (χ2v) is 5.95. The van der Waals surface area contributed by atoms with E-state index < -0.39 is 0 Å². The number of carbonyl (C=O) groups excluding carboxylic acids is 1. The van der Waals surface area contributed by atoms with Crippen LogP contribution in [0.25, 0.3) is 0 Å². The lowest BCUT2D eigenvalue weighted by molar-refractivity contribution is 0.0993. The van der Waals surface area contributed by atoms with Gasteiger partial charge in [-0.25, -0.2) is 0 Å². The molecule has 82 valence electrons. The minimum Gasteiger partial charge on any atom is -0.294 e. The van der Waals surface area contributed by atoms with Crippen molar-refractivity contribution in [2.75, 3.05) is 0 Å². The van der Waals surface area contributed by atoms with E-state index in [-0.39, 0.29) is 5.78 Å². The third-order valence-corrected chi connectivity index (χ3v) is 4.40. The molecular formula is C11H7Br2NOS. The normalized spacial score (nSPS) is 10.4. The lowest BCUT2D eigenvalue weighted by Crippen LogP contribution is -2.03. The van der Waals surface area contributed by atoms with Crippen molar-refractivity contribution in [3.8, 4) is 0 Å². The summed E-state index contributed by atoms with van der Waals surface area (Å²) < 4.78 is 1.82. The van der Waals surface area contributed by atoms with Crippen molar-refractivity contribution < 1.29 is 4.79 Å². The van der Waals surface area contributed by atoms with Crippen molar-refractivity contribution in [2.45, 2.75) is 6.42 Å². The topological polar surface area (TPSA) is 30.0 Å². The standard InChI is InChI=1S/C11H7Br2NOS/c12-8-3-7(5-14-6-8)10(15)4-11-9(13)1-2-16-11/h1-3,5-6H,4H2. The molecule has 0 atom stereocenters. The monoisotopic (exact) mass is 359 g/mol. The van der Waals surface area contributed by atoms with Gasteiger partial charge in [-0.05, 0) is 49.4 Å². The Bertz CT molecular complexity index is 524. The lowest BCUT2D eigenvalue weighted by Gasteiger charge is -2.00. The molecule has 16 heavy (non-hydrogen) atoms. The Balaban J connectivity index is 2.18. The van der Waals surface area contributed by atoms with E-state index in [9.17, 15) is 4.79 Å². The van der Waals surface area contributed by atoms with Gasteiger partial charge in [0, 0.05) is 38.2 Å². The summed E-state index contributed by atoms with van der Waals surface area (Å²) in [5.74, 6) is 0.0805. The summed E-state index contributed by atoms with van der Waals surface area (Å²) in [7, 11) is 0. The summed E-state index contributed by atoms with van der Waals surface area (Å²) in [4.78, 5) is 17.0. The van der Waals surface area contributed by atoms with Crippen molar-refractivity contribution in [1.82, 2.24) is 4.98 Å². The van der Waals surface area contributed by atoms with Crippen molar-refractivity contribution in [2.24, 2.45) is 0 Å². The Morgan fingerprint density at radius 1 is 1.38 bits per heavy atom. The van der Waals surface area contributed by atoms with Crippen LogP contribution in [0.15, 0.2) is 38.9 Å². The van der Waals surface area contributed by atoms with E-state index in [2.05, 4.69) is 36.8 Å². The molecule has 5 heteroatoms. The van der Waals surface area contributed by atoms with E-state index in [0.29, 0.717) is 12.0 Å². The predicted molar refractivity (Wildman–Crippen MR) is 72.0 cm³/mol. The molecule has 2 aromatic rings. The molecule has 0 aliphatic heterocycles. The van der Waals surface area contributed by atoms with Gasteiger partial charge >= 0.3 is 0 Å². The molecular weight excluding hydrogens is 354 g/mol. The fourth-order valence-electron chi connectivity index (χ4n) is 1.26. The molecule has 0 saturated carbocycles.